The van der Waals surface area contributed by atoms with Gasteiger partial charge in [-0.15, -0.1) is 0 Å². The fraction of sp³-hybridized carbons (Fsp3) is 0.929. The van der Waals surface area contributed by atoms with E-state index in [0.717, 1.165) is 5.92 Å². The molecular weight excluding hydrogens is 336 g/mol. The summed E-state index contributed by atoms with van der Waals surface area (Å²) in [5, 5.41) is 0. The van der Waals surface area contributed by atoms with Crippen molar-refractivity contribution in [2.45, 2.75) is 162 Å². The zero-order chi connectivity index (χ0) is 20.5. The molecular formula is C28H56. The van der Waals surface area contributed by atoms with Crippen LogP contribution in [0, 0.1) is 5.92 Å². The van der Waals surface area contributed by atoms with Crippen LogP contribution in [0.1, 0.15) is 162 Å². The number of hydrogen-bond donors (Lipinski definition) is 0. The second-order valence-electron chi connectivity index (χ2n) is 9.35. The molecule has 168 valence electrons. The van der Waals surface area contributed by atoms with Gasteiger partial charge in [-0.25, -0.2) is 0 Å². The normalized spacial score (nSPS) is 12.8. The van der Waals surface area contributed by atoms with Gasteiger partial charge >= 0.3 is 0 Å². The van der Waals surface area contributed by atoms with Crippen LogP contribution < -0.4 is 0 Å². The molecule has 0 fully saturated rings. The molecule has 0 aliphatic rings. The standard InChI is InChI=1S/C28H56/c1-4-6-8-10-12-14-16-17-19-21-23-25-27-28(3)26-24-22-20-18-15-13-11-9-7-5-2/h25,27-28H,4-24,26H2,1-3H3/t28-/m1/s1. The molecule has 0 unspecified atom stereocenters. The minimum absolute atomic E-state index is 0.789. The average molecular weight is 393 g/mol. The number of hydrogen-bond acceptors (Lipinski definition) is 0. The van der Waals surface area contributed by atoms with Crippen LogP contribution in [0.2, 0.25) is 0 Å². The lowest BCUT2D eigenvalue weighted by molar-refractivity contribution is 0.525. The van der Waals surface area contributed by atoms with Gasteiger partial charge in [-0.2, -0.15) is 0 Å². The van der Waals surface area contributed by atoms with Crippen molar-refractivity contribution in [2.75, 3.05) is 0 Å². The van der Waals surface area contributed by atoms with E-state index < -0.39 is 0 Å². The van der Waals surface area contributed by atoms with E-state index >= 15 is 0 Å². The summed E-state index contributed by atoms with van der Waals surface area (Å²) >= 11 is 0. The molecule has 0 nitrogen and oxygen atoms in total. The molecule has 0 amide bonds. The topological polar surface area (TPSA) is 0 Å². The van der Waals surface area contributed by atoms with E-state index in [9.17, 15) is 0 Å². The number of unbranched alkanes of at least 4 members (excludes halogenated alkanes) is 19. The van der Waals surface area contributed by atoms with E-state index in [1.807, 2.05) is 0 Å². The van der Waals surface area contributed by atoms with Crippen LogP contribution in [0.4, 0.5) is 0 Å². The Balaban J connectivity index is 3.22. The molecule has 0 N–H and O–H groups in total. The minimum atomic E-state index is 0.789. The largest absolute Gasteiger partial charge is 0.0883 e. The molecule has 0 saturated heterocycles. The summed E-state index contributed by atoms with van der Waals surface area (Å²) in [5.41, 5.74) is 0. The third kappa shape index (κ3) is 23.8. The Morgan fingerprint density at radius 3 is 1.25 bits per heavy atom. The first kappa shape index (κ1) is 27.7. The lowest BCUT2D eigenvalue weighted by Crippen LogP contribution is -1.90. The maximum atomic E-state index is 2.49. The summed E-state index contributed by atoms with van der Waals surface area (Å²) < 4.78 is 0. The van der Waals surface area contributed by atoms with Crippen LogP contribution >= 0.6 is 0 Å². The zero-order valence-corrected chi connectivity index (χ0v) is 20.3. The van der Waals surface area contributed by atoms with Gasteiger partial charge in [-0.1, -0.05) is 155 Å². The van der Waals surface area contributed by atoms with Crippen LogP contribution in [-0.4, -0.2) is 0 Å². The Morgan fingerprint density at radius 2 is 0.821 bits per heavy atom. The Labute approximate surface area is 180 Å². The minimum Gasteiger partial charge on any atom is -0.0883 e. The Hall–Kier alpha value is -0.260. The maximum absolute atomic E-state index is 2.49. The monoisotopic (exact) mass is 392 g/mol. The highest BCUT2D eigenvalue weighted by molar-refractivity contribution is 4.86. The van der Waals surface area contributed by atoms with Crippen molar-refractivity contribution in [2.24, 2.45) is 5.92 Å². The van der Waals surface area contributed by atoms with Crippen molar-refractivity contribution in [3.63, 3.8) is 0 Å². The molecule has 0 heteroatoms. The summed E-state index contributed by atoms with van der Waals surface area (Å²) in [5.74, 6) is 0.789. The molecule has 0 aliphatic heterocycles. The van der Waals surface area contributed by atoms with Gasteiger partial charge in [0.05, 0.1) is 0 Å². The van der Waals surface area contributed by atoms with Crippen LogP contribution in [0.3, 0.4) is 0 Å². The molecule has 28 heavy (non-hydrogen) atoms. The van der Waals surface area contributed by atoms with E-state index in [-0.39, 0.29) is 0 Å². The molecule has 0 bridgehead atoms. The van der Waals surface area contributed by atoms with E-state index in [0.29, 0.717) is 0 Å². The molecule has 0 heterocycles. The molecule has 0 aromatic carbocycles. The molecule has 0 aromatic rings. The van der Waals surface area contributed by atoms with Crippen molar-refractivity contribution < 1.29 is 0 Å². The summed E-state index contributed by atoms with van der Waals surface area (Å²) in [7, 11) is 0. The summed E-state index contributed by atoms with van der Waals surface area (Å²) in [6.07, 6.45) is 36.5. The first-order chi connectivity index (χ1) is 13.8. The molecule has 0 aromatic heterocycles. The predicted molar refractivity (Wildman–Crippen MR) is 131 cm³/mol. The van der Waals surface area contributed by atoms with Crippen LogP contribution in [0.15, 0.2) is 12.2 Å². The van der Waals surface area contributed by atoms with Gasteiger partial charge in [0.25, 0.3) is 0 Å². The second-order valence-corrected chi connectivity index (χ2v) is 9.35. The van der Waals surface area contributed by atoms with Crippen molar-refractivity contribution in [1.29, 1.82) is 0 Å². The molecule has 0 radical (unpaired) electrons. The quantitative estimate of drug-likeness (QED) is 0.120. The van der Waals surface area contributed by atoms with Gasteiger partial charge in [-0.3, -0.25) is 0 Å². The van der Waals surface area contributed by atoms with Crippen LogP contribution in [-0.2, 0) is 0 Å². The van der Waals surface area contributed by atoms with Crippen LogP contribution in [0.25, 0.3) is 0 Å². The van der Waals surface area contributed by atoms with Crippen molar-refractivity contribution in [3.8, 4) is 0 Å². The fourth-order valence-electron chi connectivity index (χ4n) is 4.13. The first-order valence-corrected chi connectivity index (χ1v) is 13.5. The zero-order valence-electron chi connectivity index (χ0n) is 20.3. The van der Waals surface area contributed by atoms with Gasteiger partial charge < -0.3 is 0 Å². The van der Waals surface area contributed by atoms with E-state index in [1.54, 1.807) is 0 Å². The average Bonchev–Trinajstić information content (AvgIpc) is 2.70. The van der Waals surface area contributed by atoms with Gasteiger partial charge in [-0.05, 0) is 25.2 Å². The highest BCUT2D eigenvalue weighted by Crippen LogP contribution is 2.15. The van der Waals surface area contributed by atoms with Crippen LogP contribution in [0.5, 0.6) is 0 Å². The first-order valence-electron chi connectivity index (χ1n) is 13.5. The molecule has 1 atom stereocenters. The fourth-order valence-corrected chi connectivity index (χ4v) is 4.13. The summed E-state index contributed by atoms with van der Waals surface area (Å²) in [4.78, 5) is 0. The van der Waals surface area contributed by atoms with Gasteiger partial charge in [0, 0.05) is 0 Å². The molecule has 0 rings (SSSR count). The lowest BCUT2D eigenvalue weighted by Gasteiger charge is -2.06. The van der Waals surface area contributed by atoms with Crippen molar-refractivity contribution in [1.82, 2.24) is 0 Å². The smallest absolute Gasteiger partial charge is 0.0262 e. The van der Waals surface area contributed by atoms with Crippen molar-refractivity contribution in [3.05, 3.63) is 12.2 Å². The molecule has 0 spiro atoms. The van der Waals surface area contributed by atoms with Gasteiger partial charge in [0.2, 0.25) is 0 Å². The highest BCUT2D eigenvalue weighted by Gasteiger charge is 1.98. The Bertz CT molecular complexity index is 290. The van der Waals surface area contributed by atoms with E-state index in [4.69, 9.17) is 0 Å². The van der Waals surface area contributed by atoms with E-state index in [2.05, 4.69) is 32.9 Å². The third-order valence-corrected chi connectivity index (χ3v) is 6.20. The van der Waals surface area contributed by atoms with Gasteiger partial charge in [0.1, 0.15) is 0 Å². The Morgan fingerprint density at radius 1 is 0.464 bits per heavy atom. The third-order valence-electron chi connectivity index (χ3n) is 6.20. The summed E-state index contributed by atoms with van der Waals surface area (Å²) in [6.45, 7) is 7.00. The predicted octanol–water partition coefficient (Wildman–Crippen LogP) is 10.8. The second kappa shape index (κ2) is 24.8. The SMILES string of the molecule is CCCCCCCCCCCCC=C[C@H](C)CCCCCCCCCCCC. The maximum Gasteiger partial charge on any atom is -0.0262 e. The molecule has 0 saturated carbocycles. The molecule has 0 aliphatic carbocycles. The number of rotatable bonds is 23. The Kier molecular flexibility index (Phi) is 24.5. The van der Waals surface area contributed by atoms with Crippen molar-refractivity contribution >= 4 is 0 Å². The lowest BCUT2D eigenvalue weighted by atomic mass is 10.00. The van der Waals surface area contributed by atoms with E-state index in [1.165, 1.54) is 141 Å². The number of allylic oxidation sites excluding steroid dienone is 2. The van der Waals surface area contributed by atoms with Gasteiger partial charge in [0.15, 0.2) is 0 Å². The highest BCUT2D eigenvalue weighted by atomic mass is 14.0. The summed E-state index contributed by atoms with van der Waals surface area (Å²) in [6, 6.07) is 0.